The lowest BCUT2D eigenvalue weighted by atomic mass is 10.1. The van der Waals surface area contributed by atoms with Gasteiger partial charge in [-0.2, -0.15) is 10.2 Å². The highest BCUT2D eigenvalue weighted by molar-refractivity contribution is 7.21. The van der Waals surface area contributed by atoms with Crippen molar-refractivity contribution in [2.75, 3.05) is 6.61 Å². The predicted octanol–water partition coefficient (Wildman–Crippen LogP) is 1.72. The van der Waals surface area contributed by atoms with Crippen LogP contribution in [0.2, 0.25) is 0 Å². The van der Waals surface area contributed by atoms with Crippen LogP contribution in [0.1, 0.15) is 39.2 Å². The van der Waals surface area contributed by atoms with E-state index in [4.69, 9.17) is 4.74 Å². The number of hydrogen-bond acceptors (Lipinski definition) is 7. The zero-order valence-electron chi connectivity index (χ0n) is 15.6. The number of aromatic amines is 1. The largest absolute Gasteiger partial charge is 0.464 e. The molecule has 10 heteroatoms. The molecule has 27 heavy (non-hydrogen) atoms. The topological polar surface area (TPSA) is 112 Å². The van der Waals surface area contributed by atoms with E-state index in [2.05, 4.69) is 15.2 Å². The number of fused-ring (bicyclic) bond motifs is 1. The van der Waals surface area contributed by atoms with Crippen molar-refractivity contribution in [3.05, 3.63) is 38.8 Å². The Morgan fingerprint density at radius 1 is 1.30 bits per heavy atom. The SMILES string of the molecule is CCCCOC(=O)C(C)(C)n1c(=O)[nH]c2sc(-n3nccn3)c(C)c2c1=O. The van der Waals surface area contributed by atoms with Crippen LogP contribution < -0.4 is 11.2 Å². The predicted molar refractivity (Wildman–Crippen MR) is 102 cm³/mol. The molecule has 1 N–H and O–H groups in total. The number of esters is 1. The van der Waals surface area contributed by atoms with Gasteiger partial charge in [0, 0.05) is 5.56 Å². The molecule has 0 aliphatic rings. The summed E-state index contributed by atoms with van der Waals surface area (Å²) in [6.45, 7) is 6.99. The first-order valence-corrected chi connectivity index (χ1v) is 9.43. The zero-order valence-corrected chi connectivity index (χ0v) is 16.4. The third-order valence-corrected chi connectivity index (χ3v) is 5.53. The van der Waals surface area contributed by atoms with Gasteiger partial charge in [0.2, 0.25) is 0 Å². The Labute approximate surface area is 158 Å². The molecule has 0 fully saturated rings. The molecule has 0 amide bonds. The molecule has 0 aliphatic heterocycles. The maximum absolute atomic E-state index is 13.1. The van der Waals surface area contributed by atoms with Crippen molar-refractivity contribution < 1.29 is 9.53 Å². The molecule has 0 saturated heterocycles. The van der Waals surface area contributed by atoms with Crippen LogP contribution in [0, 0.1) is 6.92 Å². The molecule has 0 aromatic carbocycles. The number of aryl methyl sites for hydroxylation is 1. The number of carbonyl (C=O) groups is 1. The number of rotatable bonds is 6. The Balaban J connectivity index is 2.15. The van der Waals surface area contributed by atoms with E-state index in [9.17, 15) is 14.4 Å². The van der Waals surface area contributed by atoms with Gasteiger partial charge in [0.05, 0.1) is 24.4 Å². The monoisotopic (exact) mass is 391 g/mol. The van der Waals surface area contributed by atoms with Crippen LogP contribution in [0.25, 0.3) is 15.2 Å². The summed E-state index contributed by atoms with van der Waals surface area (Å²) >= 11 is 1.21. The van der Waals surface area contributed by atoms with Gasteiger partial charge >= 0.3 is 11.7 Å². The van der Waals surface area contributed by atoms with E-state index >= 15 is 0 Å². The molecule has 3 rings (SSSR count). The quantitative estimate of drug-likeness (QED) is 0.506. The Kier molecular flexibility index (Phi) is 5.01. The molecule has 3 aromatic rings. The van der Waals surface area contributed by atoms with Crippen molar-refractivity contribution in [1.82, 2.24) is 24.5 Å². The van der Waals surface area contributed by atoms with Crippen molar-refractivity contribution in [2.24, 2.45) is 0 Å². The number of nitrogens with one attached hydrogen (secondary N) is 1. The first kappa shape index (κ1) is 19.0. The van der Waals surface area contributed by atoms with Gasteiger partial charge in [-0.15, -0.1) is 4.80 Å². The van der Waals surface area contributed by atoms with Crippen LogP contribution in [0.4, 0.5) is 0 Å². The van der Waals surface area contributed by atoms with Gasteiger partial charge in [0.25, 0.3) is 5.56 Å². The molecule has 9 nitrogen and oxygen atoms in total. The zero-order chi connectivity index (χ0) is 19.8. The average Bonchev–Trinajstić information content (AvgIpc) is 3.22. The molecular weight excluding hydrogens is 370 g/mol. The first-order valence-electron chi connectivity index (χ1n) is 8.61. The molecular formula is C17H21N5O4S. The standard InChI is InChI=1S/C17H21N5O4S/c1-5-6-9-26-15(24)17(3,4)21-13(23)11-10(2)14(22-18-7-8-19-22)27-12(11)20-16(21)25/h7-8H,5-6,9H2,1-4H3,(H,20,25). The first-order chi connectivity index (χ1) is 12.8. The van der Waals surface area contributed by atoms with Crippen LogP contribution in [0.15, 0.2) is 22.0 Å². The van der Waals surface area contributed by atoms with Crippen molar-refractivity contribution >= 4 is 27.5 Å². The van der Waals surface area contributed by atoms with Crippen molar-refractivity contribution in [3.8, 4) is 5.00 Å². The van der Waals surface area contributed by atoms with Gasteiger partial charge < -0.3 is 4.74 Å². The number of thiophene rings is 1. The van der Waals surface area contributed by atoms with Gasteiger partial charge in [-0.25, -0.2) is 14.2 Å². The minimum atomic E-state index is -1.44. The van der Waals surface area contributed by atoms with Crippen LogP contribution in [-0.2, 0) is 15.1 Å². The molecule has 3 aromatic heterocycles. The Bertz CT molecular complexity index is 1090. The Morgan fingerprint density at radius 2 is 1.96 bits per heavy atom. The second-order valence-corrected chi connectivity index (χ2v) is 7.67. The number of H-pyrrole nitrogens is 1. The third kappa shape index (κ3) is 3.20. The second-order valence-electron chi connectivity index (χ2n) is 6.67. The average molecular weight is 391 g/mol. The number of carbonyl (C=O) groups excluding carboxylic acids is 1. The molecule has 0 bridgehead atoms. The van der Waals surface area contributed by atoms with Gasteiger partial charge in [0.1, 0.15) is 15.4 Å². The normalized spacial score (nSPS) is 11.9. The van der Waals surface area contributed by atoms with Crippen LogP contribution in [-0.4, -0.2) is 37.1 Å². The molecule has 144 valence electrons. The van der Waals surface area contributed by atoms with Crippen LogP contribution >= 0.6 is 11.3 Å². The lowest BCUT2D eigenvalue weighted by Crippen LogP contribution is -2.51. The van der Waals surface area contributed by atoms with E-state index in [1.165, 1.54) is 42.4 Å². The summed E-state index contributed by atoms with van der Waals surface area (Å²) in [6.07, 6.45) is 4.65. The summed E-state index contributed by atoms with van der Waals surface area (Å²) < 4.78 is 6.17. The summed E-state index contributed by atoms with van der Waals surface area (Å²) in [5.74, 6) is -0.621. The maximum Gasteiger partial charge on any atom is 0.332 e. The fraction of sp³-hybridized carbons (Fsp3) is 0.471. The smallest absolute Gasteiger partial charge is 0.332 e. The maximum atomic E-state index is 13.1. The number of unbranched alkanes of at least 4 members (excludes halogenated alkanes) is 1. The lowest BCUT2D eigenvalue weighted by molar-refractivity contribution is -0.153. The summed E-state index contributed by atoms with van der Waals surface area (Å²) in [7, 11) is 0. The number of hydrogen-bond donors (Lipinski definition) is 1. The van der Waals surface area contributed by atoms with E-state index in [0.29, 0.717) is 20.8 Å². The Hall–Kier alpha value is -2.75. The second kappa shape index (κ2) is 7.10. The minimum absolute atomic E-state index is 0.250. The highest BCUT2D eigenvalue weighted by Crippen LogP contribution is 2.29. The molecule has 3 heterocycles. The summed E-state index contributed by atoms with van der Waals surface area (Å²) in [5, 5.41) is 9.12. The highest BCUT2D eigenvalue weighted by atomic mass is 32.1. The van der Waals surface area contributed by atoms with Gasteiger partial charge in [-0.05, 0) is 27.2 Å². The number of nitrogens with zero attached hydrogens (tertiary/aromatic N) is 4. The number of ether oxygens (including phenoxy) is 1. The molecule has 0 unspecified atom stereocenters. The summed E-state index contributed by atoms with van der Waals surface area (Å²) in [5.41, 5.74) is -2.01. The van der Waals surface area contributed by atoms with E-state index in [-0.39, 0.29) is 6.61 Å². The van der Waals surface area contributed by atoms with Gasteiger partial charge in [0.15, 0.2) is 0 Å². The van der Waals surface area contributed by atoms with Crippen molar-refractivity contribution in [1.29, 1.82) is 0 Å². The molecule has 0 spiro atoms. The Morgan fingerprint density at radius 3 is 2.59 bits per heavy atom. The summed E-state index contributed by atoms with van der Waals surface area (Å²) in [6, 6.07) is 0. The summed E-state index contributed by atoms with van der Waals surface area (Å²) in [4.78, 5) is 42.8. The molecule has 0 atom stereocenters. The van der Waals surface area contributed by atoms with Gasteiger partial charge in [-0.3, -0.25) is 9.78 Å². The molecule has 0 radical (unpaired) electrons. The highest BCUT2D eigenvalue weighted by Gasteiger charge is 2.35. The van der Waals surface area contributed by atoms with Crippen LogP contribution in [0.5, 0.6) is 0 Å². The van der Waals surface area contributed by atoms with E-state index < -0.39 is 22.8 Å². The van der Waals surface area contributed by atoms with Crippen molar-refractivity contribution in [2.45, 2.75) is 46.1 Å². The molecule has 0 saturated carbocycles. The van der Waals surface area contributed by atoms with E-state index in [0.717, 1.165) is 17.4 Å². The fourth-order valence-corrected chi connectivity index (χ4v) is 3.91. The van der Waals surface area contributed by atoms with E-state index in [1.807, 2.05) is 6.92 Å². The van der Waals surface area contributed by atoms with Crippen molar-refractivity contribution in [3.63, 3.8) is 0 Å². The van der Waals surface area contributed by atoms with E-state index in [1.54, 1.807) is 6.92 Å². The van der Waals surface area contributed by atoms with Gasteiger partial charge in [-0.1, -0.05) is 24.7 Å². The third-order valence-electron chi connectivity index (χ3n) is 4.35. The minimum Gasteiger partial charge on any atom is -0.464 e. The fourth-order valence-electron chi connectivity index (χ4n) is 2.80. The molecule has 0 aliphatic carbocycles. The number of aromatic nitrogens is 5. The lowest BCUT2D eigenvalue weighted by Gasteiger charge is -2.24. The van der Waals surface area contributed by atoms with Crippen LogP contribution in [0.3, 0.4) is 0 Å².